The third kappa shape index (κ3) is 2.80. The number of nitrogens with zero attached hydrogens (tertiary/aromatic N) is 2. The van der Waals surface area contributed by atoms with Crippen molar-refractivity contribution in [3.05, 3.63) is 52.7 Å². The average Bonchev–Trinajstić information content (AvgIpc) is 2.73. The molecule has 1 N–H and O–H groups in total. The number of benzene rings is 1. The van der Waals surface area contributed by atoms with Crippen LogP contribution in [0.4, 0.5) is 0 Å². The van der Waals surface area contributed by atoms with Gasteiger partial charge in [-0.15, -0.1) is 6.58 Å². The highest BCUT2D eigenvalue weighted by molar-refractivity contribution is 6.36. The fraction of sp³-hybridized carbons (Fsp3) is 0.0769. The van der Waals surface area contributed by atoms with Gasteiger partial charge in [0, 0.05) is 10.6 Å². The van der Waals surface area contributed by atoms with Crippen LogP contribution in [-0.4, -0.2) is 20.9 Å². The summed E-state index contributed by atoms with van der Waals surface area (Å²) in [5.74, 6) is -1.05. The van der Waals surface area contributed by atoms with Crippen LogP contribution in [-0.2, 0) is 6.54 Å². The maximum atomic E-state index is 11.1. The summed E-state index contributed by atoms with van der Waals surface area (Å²) in [5, 5.41) is 14.3. The van der Waals surface area contributed by atoms with Crippen molar-refractivity contribution in [3.63, 3.8) is 0 Å². The number of aromatic nitrogens is 2. The molecule has 0 aliphatic carbocycles. The lowest BCUT2D eigenvalue weighted by molar-refractivity contribution is 0.0684. The monoisotopic (exact) mass is 296 g/mol. The van der Waals surface area contributed by atoms with E-state index in [1.165, 1.54) is 10.7 Å². The van der Waals surface area contributed by atoms with Crippen molar-refractivity contribution in [3.8, 4) is 11.3 Å². The maximum Gasteiger partial charge on any atom is 0.354 e. The van der Waals surface area contributed by atoms with Crippen molar-refractivity contribution in [2.75, 3.05) is 0 Å². The van der Waals surface area contributed by atoms with Crippen molar-refractivity contribution in [2.24, 2.45) is 0 Å². The van der Waals surface area contributed by atoms with E-state index < -0.39 is 5.97 Å². The molecule has 6 heteroatoms. The summed E-state index contributed by atoms with van der Waals surface area (Å²) in [6, 6.07) is 6.44. The number of rotatable bonds is 4. The summed E-state index contributed by atoms with van der Waals surface area (Å²) in [6.07, 6.45) is 1.58. The Balaban J connectivity index is 2.53. The number of carbonyl (C=O) groups is 1. The van der Waals surface area contributed by atoms with E-state index in [1.54, 1.807) is 24.3 Å². The molecule has 0 atom stereocenters. The van der Waals surface area contributed by atoms with Gasteiger partial charge in [-0.05, 0) is 24.3 Å². The number of hydrogen-bond acceptors (Lipinski definition) is 2. The van der Waals surface area contributed by atoms with Crippen LogP contribution in [0, 0.1) is 0 Å². The number of carboxylic acids is 1. The molecule has 2 aromatic rings. The first-order chi connectivity index (χ1) is 9.02. The second-order valence-corrected chi connectivity index (χ2v) is 4.66. The van der Waals surface area contributed by atoms with E-state index in [-0.39, 0.29) is 5.69 Å². The molecule has 1 heterocycles. The molecule has 0 saturated heterocycles. The van der Waals surface area contributed by atoms with Gasteiger partial charge in [-0.1, -0.05) is 29.3 Å². The van der Waals surface area contributed by atoms with Crippen molar-refractivity contribution in [1.29, 1.82) is 0 Å². The van der Waals surface area contributed by atoms with E-state index in [9.17, 15) is 4.79 Å². The third-order valence-electron chi connectivity index (χ3n) is 2.51. The third-order valence-corrected chi connectivity index (χ3v) is 3.06. The molecule has 0 spiro atoms. The molecule has 4 nitrogen and oxygen atoms in total. The van der Waals surface area contributed by atoms with E-state index in [1.807, 2.05) is 0 Å². The minimum atomic E-state index is -1.05. The van der Waals surface area contributed by atoms with Crippen molar-refractivity contribution in [2.45, 2.75) is 6.54 Å². The number of carboxylic acid groups (broad SMARTS) is 1. The summed E-state index contributed by atoms with van der Waals surface area (Å²) in [6.45, 7) is 3.88. The van der Waals surface area contributed by atoms with Crippen molar-refractivity contribution >= 4 is 29.2 Å². The molecule has 0 bridgehead atoms. The lowest BCUT2D eigenvalue weighted by Crippen LogP contribution is -2.08. The first kappa shape index (κ1) is 13.6. The van der Waals surface area contributed by atoms with Crippen LogP contribution in [0.2, 0.25) is 10.0 Å². The number of allylic oxidation sites excluding steroid dienone is 1. The summed E-state index contributed by atoms with van der Waals surface area (Å²) in [7, 11) is 0. The fourth-order valence-electron chi connectivity index (χ4n) is 1.68. The Morgan fingerprint density at radius 1 is 1.42 bits per heavy atom. The zero-order valence-corrected chi connectivity index (χ0v) is 11.3. The minimum absolute atomic E-state index is 0.0842. The number of hydrogen-bond donors (Lipinski definition) is 1. The van der Waals surface area contributed by atoms with Crippen LogP contribution < -0.4 is 0 Å². The van der Waals surface area contributed by atoms with Gasteiger partial charge < -0.3 is 5.11 Å². The Kier molecular flexibility index (Phi) is 3.93. The van der Waals surface area contributed by atoms with Crippen LogP contribution in [0.3, 0.4) is 0 Å². The second-order valence-electron chi connectivity index (χ2n) is 3.81. The Bertz CT molecular complexity index is 650. The highest BCUT2D eigenvalue weighted by atomic mass is 35.5. The molecule has 0 amide bonds. The molecular weight excluding hydrogens is 287 g/mol. The molecule has 19 heavy (non-hydrogen) atoms. The lowest BCUT2D eigenvalue weighted by atomic mass is 10.1. The number of halogens is 2. The van der Waals surface area contributed by atoms with Crippen LogP contribution in [0.5, 0.6) is 0 Å². The molecule has 0 radical (unpaired) electrons. The fourth-order valence-corrected chi connectivity index (χ4v) is 2.18. The molecule has 0 fully saturated rings. The molecule has 0 unspecified atom stereocenters. The predicted octanol–water partition coefficient (Wildman–Crippen LogP) is 3.74. The molecule has 1 aromatic carbocycles. The molecule has 1 aromatic heterocycles. The second kappa shape index (κ2) is 5.47. The van der Waals surface area contributed by atoms with Crippen molar-refractivity contribution in [1.82, 2.24) is 9.78 Å². The van der Waals surface area contributed by atoms with Crippen LogP contribution in [0.1, 0.15) is 10.5 Å². The van der Waals surface area contributed by atoms with Crippen LogP contribution >= 0.6 is 23.2 Å². The van der Waals surface area contributed by atoms with Gasteiger partial charge in [-0.3, -0.25) is 4.68 Å². The Hall–Kier alpha value is -1.78. The zero-order chi connectivity index (χ0) is 14.0. The highest BCUT2D eigenvalue weighted by Crippen LogP contribution is 2.29. The molecule has 2 rings (SSSR count). The summed E-state index contributed by atoms with van der Waals surface area (Å²) < 4.78 is 1.36. The zero-order valence-electron chi connectivity index (χ0n) is 9.81. The minimum Gasteiger partial charge on any atom is -0.477 e. The van der Waals surface area contributed by atoms with E-state index in [0.29, 0.717) is 27.8 Å². The summed E-state index contributed by atoms with van der Waals surface area (Å²) >= 11 is 11.9. The topological polar surface area (TPSA) is 55.1 Å². The quantitative estimate of drug-likeness (QED) is 0.875. The first-order valence-electron chi connectivity index (χ1n) is 5.40. The average molecular weight is 297 g/mol. The van der Waals surface area contributed by atoms with Gasteiger partial charge >= 0.3 is 5.97 Å². The normalized spacial score (nSPS) is 10.4. The van der Waals surface area contributed by atoms with E-state index in [2.05, 4.69) is 11.7 Å². The van der Waals surface area contributed by atoms with Gasteiger partial charge in [0.1, 0.15) is 5.69 Å². The van der Waals surface area contributed by atoms with E-state index >= 15 is 0 Å². The van der Waals surface area contributed by atoms with Gasteiger partial charge in [0.25, 0.3) is 0 Å². The number of aromatic carboxylic acids is 1. The smallest absolute Gasteiger partial charge is 0.354 e. The summed E-state index contributed by atoms with van der Waals surface area (Å²) in [5.41, 5.74) is 1.21. The van der Waals surface area contributed by atoms with Gasteiger partial charge in [-0.25, -0.2) is 4.79 Å². The largest absolute Gasteiger partial charge is 0.477 e. The highest BCUT2D eigenvalue weighted by Gasteiger charge is 2.16. The van der Waals surface area contributed by atoms with E-state index in [0.717, 1.165) is 0 Å². The first-order valence-corrected chi connectivity index (χ1v) is 6.16. The maximum absolute atomic E-state index is 11.1. The SMILES string of the molecule is C=CCn1nc(-c2ccc(Cl)cc2Cl)cc1C(=O)O. The Labute approximate surface area is 119 Å². The predicted molar refractivity (Wildman–Crippen MR) is 74.8 cm³/mol. The van der Waals surface area contributed by atoms with Gasteiger partial charge in [0.05, 0.1) is 17.3 Å². The van der Waals surface area contributed by atoms with Gasteiger partial charge in [0.2, 0.25) is 0 Å². The van der Waals surface area contributed by atoms with Crippen molar-refractivity contribution < 1.29 is 9.90 Å². The van der Waals surface area contributed by atoms with Gasteiger partial charge in [-0.2, -0.15) is 5.10 Å². The Morgan fingerprint density at radius 2 is 2.16 bits per heavy atom. The molecule has 0 aliphatic heterocycles. The lowest BCUT2D eigenvalue weighted by Gasteiger charge is -2.01. The van der Waals surface area contributed by atoms with Crippen LogP contribution in [0.15, 0.2) is 36.9 Å². The molecule has 0 aliphatic rings. The summed E-state index contributed by atoms with van der Waals surface area (Å²) in [4.78, 5) is 11.1. The molecule has 98 valence electrons. The standard InChI is InChI=1S/C13H10Cl2N2O2/c1-2-5-17-12(13(18)19)7-11(16-17)9-4-3-8(14)6-10(9)15/h2-4,6-7H,1,5H2,(H,18,19). The van der Waals surface area contributed by atoms with Gasteiger partial charge in [0.15, 0.2) is 0 Å². The van der Waals surface area contributed by atoms with E-state index in [4.69, 9.17) is 28.3 Å². The van der Waals surface area contributed by atoms with Crippen LogP contribution in [0.25, 0.3) is 11.3 Å². The molecular formula is C13H10Cl2N2O2. The molecule has 0 saturated carbocycles. The Morgan fingerprint density at radius 3 is 2.74 bits per heavy atom.